The summed E-state index contributed by atoms with van der Waals surface area (Å²) in [5.74, 6) is -1.39. The smallest absolute Gasteiger partial charge is 0.246 e. The van der Waals surface area contributed by atoms with Crippen molar-refractivity contribution in [2.75, 3.05) is 26.2 Å². The third-order valence-corrected chi connectivity index (χ3v) is 7.20. The average molecular weight is 445 g/mol. The van der Waals surface area contributed by atoms with Crippen LogP contribution < -0.4 is 0 Å². The molecule has 1 saturated heterocycles. The van der Waals surface area contributed by atoms with Gasteiger partial charge in [-0.3, -0.25) is 9.88 Å². The summed E-state index contributed by atoms with van der Waals surface area (Å²) in [4.78, 5) is 14.7. The minimum absolute atomic E-state index is 0.0526. The number of rotatable bonds is 5. The number of aryl methyl sites for hydroxylation is 1. The zero-order valence-corrected chi connectivity index (χ0v) is 17.7. The third kappa shape index (κ3) is 4.46. The van der Waals surface area contributed by atoms with Gasteiger partial charge in [0, 0.05) is 44.5 Å². The molecule has 0 saturated carbocycles. The van der Waals surface area contributed by atoms with Crippen LogP contribution in [-0.4, -0.2) is 58.8 Å². The summed E-state index contributed by atoms with van der Waals surface area (Å²) >= 11 is 0. The second-order valence-electron chi connectivity index (χ2n) is 7.25. The fourth-order valence-electron chi connectivity index (χ4n) is 3.51. The van der Waals surface area contributed by atoms with E-state index in [1.54, 1.807) is 31.3 Å². The lowest BCUT2D eigenvalue weighted by Gasteiger charge is -2.34. The molecule has 1 aliphatic heterocycles. The van der Waals surface area contributed by atoms with Crippen LogP contribution in [0.3, 0.4) is 0 Å². The van der Waals surface area contributed by atoms with Gasteiger partial charge in [-0.2, -0.15) is 4.31 Å². The Morgan fingerprint density at radius 3 is 2.45 bits per heavy atom. The van der Waals surface area contributed by atoms with Gasteiger partial charge in [-0.05, 0) is 25.1 Å². The number of benzene rings is 1. The van der Waals surface area contributed by atoms with Crippen molar-refractivity contribution in [1.82, 2.24) is 24.2 Å². The first-order valence-electron chi connectivity index (χ1n) is 9.76. The summed E-state index contributed by atoms with van der Waals surface area (Å²) in [6, 6.07) is 9.41. The van der Waals surface area contributed by atoms with Gasteiger partial charge in [0.25, 0.3) is 0 Å². The number of hydrogen-bond donors (Lipinski definition) is 0. The van der Waals surface area contributed by atoms with Crippen molar-refractivity contribution in [3.05, 3.63) is 71.7 Å². The molecule has 0 N–H and O–H groups in total. The maximum Gasteiger partial charge on any atom is 0.246 e. The predicted molar refractivity (Wildman–Crippen MR) is 110 cm³/mol. The van der Waals surface area contributed by atoms with Crippen LogP contribution in [0.25, 0.3) is 11.5 Å². The molecule has 1 fully saturated rings. The Labute approximate surface area is 179 Å². The molecule has 0 spiro atoms. The molecule has 0 unspecified atom stereocenters. The van der Waals surface area contributed by atoms with Gasteiger partial charge < -0.3 is 0 Å². The van der Waals surface area contributed by atoms with Gasteiger partial charge in [0.1, 0.15) is 10.6 Å². The normalized spacial score (nSPS) is 15.8. The average Bonchev–Trinajstić information content (AvgIpc) is 2.78. The van der Waals surface area contributed by atoms with Gasteiger partial charge in [0.15, 0.2) is 17.5 Å². The van der Waals surface area contributed by atoms with Gasteiger partial charge in [-0.1, -0.05) is 18.2 Å². The molecule has 3 heterocycles. The van der Waals surface area contributed by atoms with Crippen molar-refractivity contribution in [2.45, 2.75) is 18.4 Å². The van der Waals surface area contributed by atoms with Gasteiger partial charge in [-0.25, -0.2) is 27.2 Å². The highest BCUT2D eigenvalue weighted by molar-refractivity contribution is 7.89. The Kier molecular flexibility index (Phi) is 6.03. The van der Waals surface area contributed by atoms with E-state index < -0.39 is 21.7 Å². The SMILES string of the molecule is Cc1nc(-c2ccccn2)ncc1S(=O)(=O)N1CCN(Cc2cccc(F)c2F)CC1. The Morgan fingerprint density at radius 1 is 1.00 bits per heavy atom. The first-order valence-corrected chi connectivity index (χ1v) is 11.2. The van der Waals surface area contributed by atoms with E-state index in [0.29, 0.717) is 30.3 Å². The second-order valence-corrected chi connectivity index (χ2v) is 9.16. The third-order valence-electron chi connectivity index (χ3n) is 5.20. The molecule has 4 rings (SSSR count). The van der Waals surface area contributed by atoms with Crippen LogP contribution in [0.4, 0.5) is 8.78 Å². The van der Waals surface area contributed by atoms with Crippen molar-refractivity contribution in [2.24, 2.45) is 0 Å². The van der Waals surface area contributed by atoms with Gasteiger partial charge >= 0.3 is 0 Å². The van der Waals surface area contributed by atoms with Crippen molar-refractivity contribution in [3.63, 3.8) is 0 Å². The summed E-state index contributed by atoms with van der Waals surface area (Å²) < 4.78 is 55.0. The number of sulfonamides is 1. The molecule has 0 radical (unpaired) electrons. The van der Waals surface area contributed by atoms with Crippen LogP contribution in [0.15, 0.2) is 53.7 Å². The van der Waals surface area contributed by atoms with Crippen molar-refractivity contribution in [3.8, 4) is 11.5 Å². The number of pyridine rings is 1. The minimum Gasteiger partial charge on any atom is -0.296 e. The topological polar surface area (TPSA) is 79.3 Å². The predicted octanol–water partition coefficient (Wildman–Crippen LogP) is 2.63. The van der Waals surface area contributed by atoms with E-state index in [4.69, 9.17) is 0 Å². The van der Waals surface area contributed by atoms with E-state index in [0.717, 1.165) is 6.07 Å². The maximum absolute atomic E-state index is 13.9. The Balaban J connectivity index is 1.46. The van der Waals surface area contributed by atoms with E-state index >= 15 is 0 Å². The van der Waals surface area contributed by atoms with Crippen LogP contribution in [0.5, 0.6) is 0 Å². The Bertz CT molecular complexity index is 1180. The summed E-state index contributed by atoms with van der Waals surface area (Å²) in [5, 5.41) is 0. The number of hydrogen-bond acceptors (Lipinski definition) is 6. The molecule has 0 atom stereocenters. The highest BCUT2D eigenvalue weighted by Gasteiger charge is 2.31. The highest BCUT2D eigenvalue weighted by Crippen LogP contribution is 2.22. The largest absolute Gasteiger partial charge is 0.296 e. The summed E-state index contributed by atoms with van der Waals surface area (Å²) in [6.45, 7) is 3.13. The Morgan fingerprint density at radius 2 is 1.77 bits per heavy atom. The van der Waals surface area contributed by atoms with Gasteiger partial charge in [0.05, 0.1) is 11.9 Å². The van der Waals surface area contributed by atoms with Gasteiger partial charge in [0.2, 0.25) is 10.0 Å². The molecule has 1 aromatic carbocycles. The number of halogens is 2. The molecule has 0 bridgehead atoms. The molecule has 3 aromatic rings. The summed E-state index contributed by atoms with van der Waals surface area (Å²) in [6.07, 6.45) is 2.93. The maximum atomic E-state index is 13.9. The van der Waals surface area contributed by atoms with Crippen LogP contribution in [0, 0.1) is 18.6 Å². The second kappa shape index (κ2) is 8.74. The number of aromatic nitrogens is 3. The van der Waals surface area contributed by atoms with E-state index in [2.05, 4.69) is 15.0 Å². The standard InChI is InChI=1S/C21H21F2N5O2S/c1-15-19(13-25-21(26-15)18-7-2-3-8-24-18)31(29,30)28-11-9-27(10-12-28)14-16-5-4-6-17(22)20(16)23/h2-8,13H,9-12,14H2,1H3. The fourth-order valence-corrected chi connectivity index (χ4v) is 5.03. The number of piperazine rings is 1. The van der Waals surface area contributed by atoms with E-state index in [1.165, 1.54) is 22.6 Å². The number of nitrogens with zero attached hydrogens (tertiary/aromatic N) is 5. The first-order chi connectivity index (χ1) is 14.9. The molecule has 31 heavy (non-hydrogen) atoms. The lowest BCUT2D eigenvalue weighted by molar-refractivity contribution is 0.179. The quantitative estimate of drug-likeness (QED) is 0.601. The fraction of sp³-hybridized carbons (Fsp3) is 0.286. The van der Waals surface area contributed by atoms with E-state index in [9.17, 15) is 17.2 Å². The highest BCUT2D eigenvalue weighted by atomic mass is 32.2. The minimum atomic E-state index is -3.78. The summed E-state index contributed by atoms with van der Waals surface area (Å²) in [7, 11) is -3.78. The van der Waals surface area contributed by atoms with Crippen LogP contribution in [-0.2, 0) is 16.6 Å². The zero-order chi connectivity index (χ0) is 22.0. The monoisotopic (exact) mass is 445 g/mol. The summed E-state index contributed by atoms with van der Waals surface area (Å²) in [5.41, 5.74) is 1.17. The van der Waals surface area contributed by atoms with Crippen molar-refractivity contribution >= 4 is 10.0 Å². The first kappa shape index (κ1) is 21.4. The van der Waals surface area contributed by atoms with Crippen LogP contribution in [0.1, 0.15) is 11.3 Å². The molecule has 10 heteroatoms. The molecule has 0 aliphatic carbocycles. The van der Waals surface area contributed by atoms with Crippen molar-refractivity contribution in [1.29, 1.82) is 0 Å². The lowest BCUT2D eigenvalue weighted by atomic mass is 10.2. The molecule has 0 amide bonds. The molecule has 162 valence electrons. The lowest BCUT2D eigenvalue weighted by Crippen LogP contribution is -2.48. The zero-order valence-electron chi connectivity index (χ0n) is 16.9. The van der Waals surface area contributed by atoms with Crippen LogP contribution in [0.2, 0.25) is 0 Å². The van der Waals surface area contributed by atoms with Crippen molar-refractivity contribution < 1.29 is 17.2 Å². The molecular formula is C21H21F2N5O2S. The van der Waals surface area contributed by atoms with E-state index in [-0.39, 0.29) is 30.1 Å². The van der Waals surface area contributed by atoms with Crippen LogP contribution >= 0.6 is 0 Å². The molecule has 1 aliphatic rings. The van der Waals surface area contributed by atoms with Gasteiger partial charge in [-0.15, -0.1) is 0 Å². The molecular weight excluding hydrogens is 424 g/mol. The molecule has 2 aromatic heterocycles. The Hall–Kier alpha value is -2.82. The molecule has 7 nitrogen and oxygen atoms in total. The van der Waals surface area contributed by atoms with E-state index in [1.807, 2.05) is 4.90 Å².